The van der Waals surface area contributed by atoms with Crippen molar-refractivity contribution in [2.75, 3.05) is 14.2 Å². The van der Waals surface area contributed by atoms with Crippen molar-refractivity contribution in [3.8, 4) is 11.5 Å². The Morgan fingerprint density at radius 2 is 2.00 bits per heavy atom. The second-order valence-corrected chi connectivity index (χ2v) is 5.00. The van der Waals surface area contributed by atoms with Gasteiger partial charge in [0.15, 0.2) is 11.5 Å². The molecule has 7 heteroatoms. The number of carbonyl (C=O) groups is 1. The molecule has 0 saturated carbocycles. The summed E-state index contributed by atoms with van der Waals surface area (Å²) >= 11 is 3.41. The lowest BCUT2D eigenvalue weighted by molar-refractivity contribution is 0.0950. The summed E-state index contributed by atoms with van der Waals surface area (Å²) in [5, 5.41) is 3.92. The Morgan fingerprint density at radius 1 is 1.27 bits per heavy atom. The van der Waals surface area contributed by atoms with Crippen LogP contribution in [0.15, 0.2) is 46.1 Å². The molecule has 6 nitrogen and oxygen atoms in total. The minimum absolute atomic E-state index is 0.297. The van der Waals surface area contributed by atoms with Crippen molar-refractivity contribution in [2.45, 2.75) is 0 Å². The number of amides is 1. The highest BCUT2D eigenvalue weighted by molar-refractivity contribution is 9.10. The zero-order valence-corrected chi connectivity index (χ0v) is 13.6. The molecule has 1 heterocycles. The number of hydrogen-bond donors (Lipinski definition) is 1. The number of halogens is 1. The lowest BCUT2D eigenvalue weighted by Crippen LogP contribution is -2.18. The van der Waals surface area contributed by atoms with E-state index in [0.717, 1.165) is 10.0 Å². The van der Waals surface area contributed by atoms with Crippen LogP contribution in [-0.4, -0.2) is 31.3 Å². The third-order valence-electron chi connectivity index (χ3n) is 2.77. The smallest absolute Gasteiger partial charge is 0.289 e. The van der Waals surface area contributed by atoms with Gasteiger partial charge in [-0.15, -0.1) is 0 Å². The first-order valence-corrected chi connectivity index (χ1v) is 7.11. The van der Waals surface area contributed by atoms with Crippen LogP contribution in [0.3, 0.4) is 0 Å². The van der Waals surface area contributed by atoms with Crippen LogP contribution >= 0.6 is 15.9 Å². The topological polar surface area (TPSA) is 72.8 Å². The van der Waals surface area contributed by atoms with E-state index in [1.807, 2.05) is 0 Å². The summed E-state index contributed by atoms with van der Waals surface area (Å²) in [6.45, 7) is 0. The van der Waals surface area contributed by atoms with Gasteiger partial charge in [0, 0.05) is 16.2 Å². The number of nitrogens with zero attached hydrogens (tertiary/aromatic N) is 2. The summed E-state index contributed by atoms with van der Waals surface area (Å²) in [4.78, 5) is 15.7. The summed E-state index contributed by atoms with van der Waals surface area (Å²) in [6.07, 6.45) is 3.05. The van der Waals surface area contributed by atoms with Gasteiger partial charge in [-0.2, -0.15) is 5.10 Å². The monoisotopic (exact) mass is 363 g/mol. The van der Waals surface area contributed by atoms with Crippen molar-refractivity contribution in [3.63, 3.8) is 0 Å². The number of methoxy groups -OCH3 is 2. The molecule has 0 aliphatic heterocycles. The summed E-state index contributed by atoms with van der Waals surface area (Å²) in [7, 11) is 3.11. The van der Waals surface area contributed by atoms with Gasteiger partial charge in [-0.05, 0) is 40.2 Å². The van der Waals surface area contributed by atoms with Crippen LogP contribution in [0.1, 0.15) is 16.1 Å². The van der Waals surface area contributed by atoms with E-state index >= 15 is 0 Å². The lowest BCUT2D eigenvalue weighted by Gasteiger charge is -2.09. The Morgan fingerprint density at radius 3 is 2.64 bits per heavy atom. The molecule has 1 N–H and O–H groups in total. The molecule has 2 aromatic rings. The number of hydrogen-bond acceptors (Lipinski definition) is 5. The van der Waals surface area contributed by atoms with E-state index < -0.39 is 0 Å². The van der Waals surface area contributed by atoms with E-state index in [0.29, 0.717) is 17.2 Å². The largest absolute Gasteiger partial charge is 0.493 e. The van der Waals surface area contributed by atoms with E-state index in [9.17, 15) is 4.79 Å². The fraction of sp³-hybridized carbons (Fsp3) is 0.133. The SMILES string of the molecule is COc1cc(Br)c(/C=N\NC(=O)c2ccccn2)cc1OC. The number of rotatable bonds is 5. The molecule has 1 aromatic heterocycles. The van der Waals surface area contributed by atoms with E-state index in [4.69, 9.17) is 9.47 Å². The zero-order chi connectivity index (χ0) is 15.9. The minimum atomic E-state index is -0.381. The van der Waals surface area contributed by atoms with E-state index in [1.165, 1.54) is 6.21 Å². The molecule has 0 spiro atoms. The van der Waals surface area contributed by atoms with Gasteiger partial charge in [0.05, 0.1) is 20.4 Å². The highest BCUT2D eigenvalue weighted by Crippen LogP contribution is 2.32. The Balaban J connectivity index is 2.12. The van der Waals surface area contributed by atoms with Crippen LogP contribution in [0.4, 0.5) is 0 Å². The molecule has 2 rings (SSSR count). The summed E-state index contributed by atoms with van der Waals surface area (Å²) < 4.78 is 11.2. The number of nitrogens with one attached hydrogen (secondary N) is 1. The highest BCUT2D eigenvalue weighted by Gasteiger charge is 2.08. The summed E-state index contributed by atoms with van der Waals surface area (Å²) in [6, 6.07) is 8.59. The minimum Gasteiger partial charge on any atom is -0.493 e. The molecule has 0 atom stereocenters. The quantitative estimate of drug-likeness (QED) is 0.654. The molecule has 1 amide bonds. The predicted molar refractivity (Wildman–Crippen MR) is 86.5 cm³/mol. The molecule has 0 radical (unpaired) electrons. The summed E-state index contributed by atoms with van der Waals surface area (Å²) in [5.41, 5.74) is 3.45. The van der Waals surface area contributed by atoms with Gasteiger partial charge in [0.25, 0.3) is 5.91 Å². The van der Waals surface area contributed by atoms with Crippen molar-refractivity contribution in [3.05, 3.63) is 52.3 Å². The maximum absolute atomic E-state index is 11.8. The summed E-state index contributed by atoms with van der Waals surface area (Å²) in [5.74, 6) is 0.792. The molecule has 114 valence electrons. The molecule has 0 unspecified atom stereocenters. The third-order valence-corrected chi connectivity index (χ3v) is 3.46. The van der Waals surface area contributed by atoms with Crippen molar-refractivity contribution >= 4 is 28.1 Å². The molecular weight excluding hydrogens is 350 g/mol. The molecule has 1 aromatic carbocycles. The standard InChI is InChI=1S/C15H14BrN3O3/c1-21-13-7-10(11(16)8-14(13)22-2)9-18-19-15(20)12-5-3-4-6-17-12/h3-9H,1-2H3,(H,19,20)/b18-9-. The van der Waals surface area contributed by atoms with Gasteiger partial charge in [-0.1, -0.05) is 6.07 Å². The molecule has 0 saturated heterocycles. The number of pyridine rings is 1. The molecular formula is C15H14BrN3O3. The van der Waals surface area contributed by atoms with Gasteiger partial charge in [-0.3, -0.25) is 9.78 Å². The van der Waals surface area contributed by atoms with Crippen LogP contribution in [0, 0.1) is 0 Å². The third kappa shape index (κ3) is 3.82. The Labute approximate surface area is 136 Å². The van der Waals surface area contributed by atoms with E-state index in [1.54, 1.807) is 50.7 Å². The molecule has 0 aliphatic rings. The van der Waals surface area contributed by atoms with Gasteiger partial charge in [-0.25, -0.2) is 5.43 Å². The first-order chi connectivity index (χ1) is 10.7. The first kappa shape index (κ1) is 16.0. The number of aromatic nitrogens is 1. The number of ether oxygens (including phenoxy) is 2. The van der Waals surface area contributed by atoms with E-state index in [-0.39, 0.29) is 5.91 Å². The van der Waals surface area contributed by atoms with E-state index in [2.05, 4.69) is 31.4 Å². The first-order valence-electron chi connectivity index (χ1n) is 6.31. The average molecular weight is 364 g/mol. The number of carbonyl (C=O) groups excluding carboxylic acids is 1. The van der Waals surface area contributed by atoms with Gasteiger partial charge in [0.2, 0.25) is 0 Å². The molecule has 22 heavy (non-hydrogen) atoms. The Hall–Kier alpha value is -2.41. The lowest BCUT2D eigenvalue weighted by atomic mass is 10.2. The van der Waals surface area contributed by atoms with Crippen LogP contribution in [0.25, 0.3) is 0 Å². The number of benzene rings is 1. The Bertz CT molecular complexity index is 690. The van der Waals surface area contributed by atoms with Crippen molar-refractivity contribution in [2.24, 2.45) is 5.10 Å². The van der Waals surface area contributed by atoms with Crippen molar-refractivity contribution in [1.82, 2.24) is 10.4 Å². The number of hydrazone groups is 1. The average Bonchev–Trinajstić information content (AvgIpc) is 2.56. The normalized spacial score (nSPS) is 10.5. The second kappa shape index (κ2) is 7.56. The van der Waals surface area contributed by atoms with Crippen LogP contribution in [-0.2, 0) is 0 Å². The zero-order valence-electron chi connectivity index (χ0n) is 12.0. The van der Waals surface area contributed by atoms with Gasteiger partial charge in [0.1, 0.15) is 5.69 Å². The van der Waals surface area contributed by atoms with Gasteiger partial charge >= 0.3 is 0 Å². The molecule has 0 aliphatic carbocycles. The van der Waals surface area contributed by atoms with Crippen LogP contribution in [0.2, 0.25) is 0 Å². The molecule has 0 fully saturated rings. The highest BCUT2D eigenvalue weighted by atomic mass is 79.9. The predicted octanol–water partition coefficient (Wildman–Crippen LogP) is 2.63. The van der Waals surface area contributed by atoms with Crippen LogP contribution < -0.4 is 14.9 Å². The fourth-order valence-corrected chi connectivity index (χ4v) is 2.11. The van der Waals surface area contributed by atoms with Gasteiger partial charge < -0.3 is 9.47 Å². The fourth-order valence-electron chi connectivity index (χ4n) is 1.68. The van der Waals surface area contributed by atoms with Crippen molar-refractivity contribution in [1.29, 1.82) is 0 Å². The molecule has 0 bridgehead atoms. The Kier molecular flexibility index (Phi) is 5.48. The maximum Gasteiger partial charge on any atom is 0.289 e. The van der Waals surface area contributed by atoms with Crippen molar-refractivity contribution < 1.29 is 14.3 Å². The maximum atomic E-state index is 11.8. The van der Waals surface area contributed by atoms with Crippen LogP contribution in [0.5, 0.6) is 11.5 Å². The second-order valence-electron chi connectivity index (χ2n) is 4.14.